The highest BCUT2D eigenvalue weighted by Gasteiger charge is 2.62. The lowest BCUT2D eigenvalue weighted by Crippen LogP contribution is -2.67. The van der Waals surface area contributed by atoms with Gasteiger partial charge >= 0.3 is 11.9 Å². The third-order valence-electron chi connectivity index (χ3n) is 10.8. The largest absolute Gasteiger partial charge is 0.351 e. The van der Waals surface area contributed by atoms with Crippen LogP contribution in [-0.4, -0.2) is 46.2 Å². The molecule has 4 aliphatic rings. The number of aromatic nitrogens is 2. The number of carbonyl (C=O) groups is 2. The summed E-state index contributed by atoms with van der Waals surface area (Å²) in [6, 6.07) is 7.38. The van der Waals surface area contributed by atoms with Crippen LogP contribution in [0, 0.1) is 28.6 Å². The number of benzene rings is 1. The van der Waals surface area contributed by atoms with Gasteiger partial charge in [0.1, 0.15) is 12.6 Å². The van der Waals surface area contributed by atoms with Crippen LogP contribution in [-0.2, 0) is 16.2 Å². The molecule has 0 bridgehead atoms. The lowest BCUT2D eigenvalue weighted by Gasteiger charge is -2.60. The molecule has 1 N–H and O–H groups in total. The monoisotopic (exact) mass is 491 g/mol. The Balaban J connectivity index is 1.39. The van der Waals surface area contributed by atoms with Crippen molar-refractivity contribution in [2.24, 2.45) is 28.6 Å². The maximum Gasteiger partial charge on any atom is 0.351 e. The molecule has 2 amide bonds. The van der Waals surface area contributed by atoms with Crippen LogP contribution in [0.25, 0.3) is 11.0 Å². The first kappa shape index (κ1) is 23.9. The van der Waals surface area contributed by atoms with Gasteiger partial charge in [0.25, 0.3) is 0 Å². The molecule has 7 atom stereocenters. The molecule has 7 heteroatoms. The summed E-state index contributed by atoms with van der Waals surface area (Å²) in [4.78, 5) is 36.5. The van der Waals surface area contributed by atoms with E-state index in [9.17, 15) is 9.59 Å². The second-order valence-corrected chi connectivity index (χ2v) is 12.5. The van der Waals surface area contributed by atoms with E-state index in [1.165, 1.54) is 45.6 Å². The average Bonchev–Trinajstić information content (AvgIpc) is 3.42. The number of amides is 2. The summed E-state index contributed by atoms with van der Waals surface area (Å²) in [6.45, 7) is 5.31. The van der Waals surface area contributed by atoms with Crippen LogP contribution in [0.1, 0.15) is 64.6 Å². The van der Waals surface area contributed by atoms with Crippen molar-refractivity contribution in [3.63, 3.8) is 0 Å². The van der Waals surface area contributed by atoms with Crippen molar-refractivity contribution in [1.82, 2.24) is 15.0 Å². The predicted octanol–water partition coefficient (Wildman–Crippen LogP) is 5.20. The second kappa shape index (κ2) is 8.25. The fourth-order valence-corrected chi connectivity index (χ4v) is 9.10. The highest BCUT2D eigenvalue weighted by Crippen LogP contribution is 2.64. The molecule has 3 aliphatic carbocycles. The lowest BCUT2D eigenvalue weighted by molar-refractivity contribution is -0.883. The zero-order valence-corrected chi connectivity index (χ0v) is 22.0. The molecule has 1 aromatic heterocycles. The number of hydroxylamine groups is 1. The summed E-state index contributed by atoms with van der Waals surface area (Å²) in [5.74, 6) is 2.86. The molecule has 1 unspecified atom stereocenters. The van der Waals surface area contributed by atoms with E-state index in [1.807, 2.05) is 30.3 Å². The lowest BCUT2D eigenvalue weighted by atomic mass is 9.48. The van der Waals surface area contributed by atoms with Crippen LogP contribution in [0.15, 0.2) is 36.4 Å². The summed E-state index contributed by atoms with van der Waals surface area (Å²) in [6.07, 6.45) is 13.0. The number of hydrogen-bond acceptors (Lipinski definition) is 4. The van der Waals surface area contributed by atoms with Gasteiger partial charge in [-0.3, -0.25) is 4.84 Å². The third-order valence-corrected chi connectivity index (χ3v) is 10.8. The van der Waals surface area contributed by atoms with Gasteiger partial charge in [-0.15, -0.1) is 0 Å². The maximum absolute atomic E-state index is 13.7. The molecular formula is C29H39N4O3+. The van der Waals surface area contributed by atoms with E-state index in [1.54, 1.807) is 4.57 Å². The van der Waals surface area contributed by atoms with Crippen LogP contribution >= 0.6 is 0 Å². The van der Waals surface area contributed by atoms with Gasteiger partial charge < -0.3 is 0 Å². The Kier molecular flexibility index (Phi) is 5.47. The predicted molar refractivity (Wildman–Crippen MR) is 137 cm³/mol. The Bertz CT molecular complexity index is 1250. The molecular weight excluding hydrogens is 452 g/mol. The van der Waals surface area contributed by atoms with E-state index in [4.69, 9.17) is 9.82 Å². The van der Waals surface area contributed by atoms with Crippen molar-refractivity contribution >= 4 is 23.0 Å². The summed E-state index contributed by atoms with van der Waals surface area (Å²) in [7, 11) is 3.49. The fraction of sp³-hybridized carbons (Fsp3) is 0.621. The van der Waals surface area contributed by atoms with E-state index in [0.29, 0.717) is 29.2 Å². The number of fused-ring (bicyclic) bond motifs is 6. The van der Waals surface area contributed by atoms with Gasteiger partial charge in [-0.2, -0.15) is 0 Å². The molecule has 3 saturated carbocycles. The molecule has 1 aromatic carbocycles. The standard InChI is InChI=1S/C29H38N4O3/c1-28-15-7-8-20(28)19-11-12-24-29(2,21(19)13-16-28)17-14-26(34)33(24,3)18-25-30-22-9-5-6-10-23(22)32(25)27(35)31-36-4/h5-6,9-10,14,17,19-21,24H,7-8,11-13,15-16,18H2,1-4H3/p+1/t19-,20-,21-,24+,28-,29+,33?/m0/s1. The number of quaternary nitrogens is 1. The van der Waals surface area contributed by atoms with E-state index < -0.39 is 6.03 Å². The molecule has 192 valence electrons. The molecule has 3 fully saturated rings. The minimum Gasteiger partial charge on any atom is -0.275 e. The Morgan fingerprint density at radius 3 is 2.78 bits per heavy atom. The maximum atomic E-state index is 13.7. The summed E-state index contributed by atoms with van der Waals surface area (Å²) < 4.78 is 1.82. The number of nitrogens with zero attached hydrogens (tertiary/aromatic N) is 3. The van der Waals surface area contributed by atoms with Crippen molar-refractivity contribution < 1.29 is 18.9 Å². The number of likely N-dealkylation sites (N-methyl/N-ethyl adjacent to an activating group) is 1. The Morgan fingerprint density at radius 2 is 1.97 bits per heavy atom. The molecule has 6 rings (SSSR count). The quantitative estimate of drug-likeness (QED) is 0.473. The minimum absolute atomic E-state index is 0.0405. The van der Waals surface area contributed by atoms with Crippen molar-refractivity contribution in [1.29, 1.82) is 0 Å². The molecule has 0 radical (unpaired) electrons. The van der Waals surface area contributed by atoms with Gasteiger partial charge in [-0.05, 0) is 67.4 Å². The first-order valence-corrected chi connectivity index (χ1v) is 13.6. The van der Waals surface area contributed by atoms with E-state index in [0.717, 1.165) is 23.8 Å². The minimum atomic E-state index is -0.396. The van der Waals surface area contributed by atoms with Crippen molar-refractivity contribution in [3.05, 3.63) is 42.2 Å². The molecule has 36 heavy (non-hydrogen) atoms. The molecule has 2 heterocycles. The van der Waals surface area contributed by atoms with Gasteiger partial charge in [0.15, 0.2) is 5.82 Å². The molecule has 7 nitrogen and oxygen atoms in total. The number of para-hydroxylation sites is 2. The molecule has 0 saturated heterocycles. The smallest absolute Gasteiger partial charge is 0.275 e. The number of imidazole rings is 1. The van der Waals surface area contributed by atoms with E-state index >= 15 is 0 Å². The van der Waals surface area contributed by atoms with Crippen LogP contribution in [0.4, 0.5) is 4.79 Å². The van der Waals surface area contributed by atoms with E-state index in [2.05, 4.69) is 32.5 Å². The first-order chi connectivity index (χ1) is 17.2. The van der Waals surface area contributed by atoms with Gasteiger partial charge in [-0.25, -0.2) is 29.1 Å². The van der Waals surface area contributed by atoms with E-state index in [-0.39, 0.29) is 21.8 Å². The number of hydrogen-bond donors (Lipinski definition) is 1. The Morgan fingerprint density at radius 1 is 1.17 bits per heavy atom. The first-order valence-electron chi connectivity index (χ1n) is 13.6. The molecule has 0 spiro atoms. The topological polar surface area (TPSA) is 73.2 Å². The van der Waals surface area contributed by atoms with Crippen molar-refractivity contribution in [2.45, 2.75) is 71.4 Å². The molecule has 1 aliphatic heterocycles. The van der Waals surface area contributed by atoms with Crippen molar-refractivity contribution in [3.8, 4) is 0 Å². The number of carbonyl (C=O) groups excluding carboxylic acids is 2. The van der Waals surface area contributed by atoms with Gasteiger partial charge in [0, 0.05) is 17.9 Å². The Hall–Kier alpha value is -2.51. The van der Waals surface area contributed by atoms with Gasteiger partial charge in [-0.1, -0.05) is 38.5 Å². The average molecular weight is 492 g/mol. The SMILES string of the molecule is CONC(=O)n1c(C[N+]2(C)C(=O)C=C[C@@]3(C)[C@H]2CC[C@H]2[C@@H]4CCC[C@@]4(C)CC[C@@H]23)nc2ccccc21. The second-order valence-electron chi connectivity index (χ2n) is 12.5. The number of rotatable bonds is 3. The van der Waals surface area contributed by atoms with Crippen molar-refractivity contribution in [2.75, 3.05) is 14.2 Å². The molecule has 2 aromatic rings. The third kappa shape index (κ3) is 3.28. The van der Waals surface area contributed by atoms with Gasteiger partial charge in [0.2, 0.25) is 0 Å². The van der Waals surface area contributed by atoms with Crippen LogP contribution < -0.4 is 5.48 Å². The zero-order valence-electron chi connectivity index (χ0n) is 22.0. The van der Waals surface area contributed by atoms with Crippen LogP contribution in [0.2, 0.25) is 0 Å². The zero-order chi connectivity index (χ0) is 25.3. The highest BCUT2D eigenvalue weighted by molar-refractivity contribution is 5.89. The van der Waals surface area contributed by atoms with Crippen LogP contribution in [0.3, 0.4) is 0 Å². The number of nitrogens with one attached hydrogen (secondary N) is 1. The summed E-state index contributed by atoms with van der Waals surface area (Å²) in [5.41, 5.74) is 4.37. The normalized spacial score (nSPS) is 39.5. The highest BCUT2D eigenvalue weighted by atomic mass is 16.6. The Labute approximate surface area is 213 Å². The van der Waals surface area contributed by atoms with Gasteiger partial charge in [0.05, 0.1) is 25.2 Å². The summed E-state index contributed by atoms with van der Waals surface area (Å²) >= 11 is 0. The van der Waals surface area contributed by atoms with Crippen LogP contribution in [0.5, 0.6) is 0 Å². The summed E-state index contributed by atoms with van der Waals surface area (Å²) in [5, 5.41) is 0. The fourth-order valence-electron chi connectivity index (χ4n) is 9.10.